The lowest BCUT2D eigenvalue weighted by Gasteiger charge is -2.13. The van der Waals surface area contributed by atoms with E-state index in [9.17, 15) is 5.11 Å². The average Bonchev–Trinajstić information content (AvgIpc) is 2.97. The molecular formula is C15H21O. The van der Waals surface area contributed by atoms with E-state index in [1.54, 1.807) is 13.8 Å². The first-order valence-electron chi connectivity index (χ1n) is 6.32. The SMILES string of the molecule is CC(C)([O])CCC[C@H]1C[C@@H]1c1ccccc1. The number of rotatable bonds is 5. The maximum Gasteiger partial charge on any atom is 0.0980 e. The van der Waals surface area contributed by atoms with Crippen molar-refractivity contribution in [3.05, 3.63) is 35.9 Å². The zero-order chi connectivity index (χ0) is 11.6. The van der Waals surface area contributed by atoms with E-state index in [1.165, 1.54) is 18.4 Å². The Morgan fingerprint density at radius 2 is 1.94 bits per heavy atom. The van der Waals surface area contributed by atoms with E-state index in [2.05, 4.69) is 30.3 Å². The fourth-order valence-electron chi connectivity index (χ4n) is 2.47. The van der Waals surface area contributed by atoms with Crippen LogP contribution in [0.15, 0.2) is 30.3 Å². The molecule has 0 bridgehead atoms. The Morgan fingerprint density at radius 3 is 2.56 bits per heavy atom. The summed E-state index contributed by atoms with van der Waals surface area (Å²) in [6.45, 7) is 3.57. The topological polar surface area (TPSA) is 19.9 Å². The van der Waals surface area contributed by atoms with Gasteiger partial charge in [0.1, 0.15) is 0 Å². The molecule has 1 saturated carbocycles. The standard InChI is InChI=1S/C15H21O/c1-15(2,16)10-6-9-13-11-14(13)12-7-4-3-5-8-12/h3-5,7-8,13-14H,6,9-11H2,1-2H3/t13-,14+/m0/s1. The highest BCUT2D eigenvalue weighted by molar-refractivity contribution is 5.25. The Hall–Kier alpha value is -0.820. The molecule has 1 fully saturated rings. The third kappa shape index (κ3) is 3.34. The van der Waals surface area contributed by atoms with E-state index in [0.29, 0.717) is 0 Å². The molecule has 0 unspecified atom stereocenters. The minimum atomic E-state index is -0.739. The van der Waals surface area contributed by atoms with Gasteiger partial charge >= 0.3 is 0 Å². The van der Waals surface area contributed by atoms with Gasteiger partial charge in [-0.3, -0.25) is 0 Å². The molecule has 1 nitrogen and oxygen atoms in total. The first-order chi connectivity index (χ1) is 7.56. The summed E-state index contributed by atoms with van der Waals surface area (Å²) in [6.07, 6.45) is 4.45. The molecule has 0 heterocycles. The van der Waals surface area contributed by atoms with Crippen molar-refractivity contribution in [3.8, 4) is 0 Å². The Kier molecular flexibility index (Phi) is 3.34. The van der Waals surface area contributed by atoms with Crippen LogP contribution in [0.25, 0.3) is 0 Å². The summed E-state index contributed by atoms with van der Waals surface area (Å²) in [7, 11) is 0. The second-order valence-corrected chi connectivity index (χ2v) is 5.66. The molecule has 87 valence electrons. The third-order valence-corrected chi connectivity index (χ3v) is 3.50. The van der Waals surface area contributed by atoms with Crippen molar-refractivity contribution in [2.45, 2.75) is 51.0 Å². The van der Waals surface area contributed by atoms with E-state index in [0.717, 1.165) is 24.7 Å². The van der Waals surface area contributed by atoms with Crippen molar-refractivity contribution in [2.75, 3.05) is 0 Å². The number of hydrogen-bond acceptors (Lipinski definition) is 0. The van der Waals surface area contributed by atoms with Gasteiger partial charge in [0.05, 0.1) is 5.60 Å². The second kappa shape index (κ2) is 4.58. The van der Waals surface area contributed by atoms with Crippen LogP contribution in [0.2, 0.25) is 0 Å². The number of hydrogen-bond donors (Lipinski definition) is 0. The molecule has 1 aliphatic rings. The first-order valence-corrected chi connectivity index (χ1v) is 6.32. The molecule has 16 heavy (non-hydrogen) atoms. The van der Waals surface area contributed by atoms with Crippen LogP contribution in [0.5, 0.6) is 0 Å². The summed E-state index contributed by atoms with van der Waals surface area (Å²) in [5, 5.41) is 11.5. The first kappa shape index (κ1) is 11.7. The Labute approximate surface area is 98.5 Å². The molecule has 0 aliphatic heterocycles. The molecule has 1 radical (unpaired) electrons. The van der Waals surface area contributed by atoms with Gasteiger partial charge in [0.2, 0.25) is 0 Å². The van der Waals surface area contributed by atoms with Gasteiger partial charge in [0.25, 0.3) is 0 Å². The van der Waals surface area contributed by atoms with E-state index < -0.39 is 5.60 Å². The van der Waals surface area contributed by atoms with Gasteiger partial charge in [0.15, 0.2) is 0 Å². The number of benzene rings is 1. The smallest absolute Gasteiger partial charge is 0.0980 e. The van der Waals surface area contributed by atoms with E-state index >= 15 is 0 Å². The molecule has 0 amide bonds. The maximum atomic E-state index is 11.5. The molecule has 1 aromatic rings. The molecule has 1 aliphatic carbocycles. The van der Waals surface area contributed by atoms with Crippen LogP contribution in [0.3, 0.4) is 0 Å². The summed E-state index contributed by atoms with van der Waals surface area (Å²) >= 11 is 0. The Balaban J connectivity index is 1.72. The molecule has 0 saturated heterocycles. The van der Waals surface area contributed by atoms with Gasteiger partial charge < -0.3 is 0 Å². The van der Waals surface area contributed by atoms with Gasteiger partial charge in [-0.2, -0.15) is 0 Å². The van der Waals surface area contributed by atoms with Crippen molar-refractivity contribution in [1.29, 1.82) is 0 Å². The summed E-state index contributed by atoms with van der Waals surface area (Å²) in [4.78, 5) is 0. The van der Waals surface area contributed by atoms with Crippen LogP contribution in [0.1, 0.15) is 51.0 Å². The van der Waals surface area contributed by atoms with Crippen LogP contribution in [0, 0.1) is 5.92 Å². The molecule has 0 N–H and O–H groups in total. The van der Waals surface area contributed by atoms with Crippen molar-refractivity contribution >= 4 is 0 Å². The van der Waals surface area contributed by atoms with E-state index in [-0.39, 0.29) is 0 Å². The lowest BCUT2D eigenvalue weighted by molar-refractivity contribution is -0.00528. The minimum Gasteiger partial charge on any atom is -0.230 e. The fourth-order valence-corrected chi connectivity index (χ4v) is 2.47. The van der Waals surface area contributed by atoms with Crippen molar-refractivity contribution in [1.82, 2.24) is 0 Å². The molecule has 1 aromatic carbocycles. The van der Waals surface area contributed by atoms with Crippen LogP contribution in [-0.4, -0.2) is 5.60 Å². The van der Waals surface area contributed by atoms with E-state index in [4.69, 9.17) is 0 Å². The minimum absolute atomic E-state index is 0.739. The lowest BCUT2D eigenvalue weighted by atomic mass is 9.99. The van der Waals surface area contributed by atoms with Gasteiger partial charge in [-0.25, -0.2) is 5.11 Å². The fraction of sp³-hybridized carbons (Fsp3) is 0.600. The molecule has 2 rings (SSSR count). The maximum absolute atomic E-state index is 11.5. The third-order valence-electron chi connectivity index (χ3n) is 3.50. The normalized spacial score (nSPS) is 24.4. The Morgan fingerprint density at radius 1 is 1.25 bits per heavy atom. The van der Waals surface area contributed by atoms with Crippen LogP contribution in [0.4, 0.5) is 0 Å². The lowest BCUT2D eigenvalue weighted by Crippen LogP contribution is -2.15. The van der Waals surface area contributed by atoms with Crippen LogP contribution in [-0.2, 0) is 5.11 Å². The van der Waals surface area contributed by atoms with Gasteiger partial charge in [0, 0.05) is 0 Å². The predicted molar refractivity (Wildman–Crippen MR) is 65.9 cm³/mol. The highest BCUT2D eigenvalue weighted by atomic mass is 16.3. The molecule has 0 spiro atoms. The highest BCUT2D eigenvalue weighted by Crippen LogP contribution is 2.50. The van der Waals surface area contributed by atoms with Crippen LogP contribution < -0.4 is 0 Å². The van der Waals surface area contributed by atoms with Crippen molar-refractivity contribution < 1.29 is 5.11 Å². The zero-order valence-electron chi connectivity index (χ0n) is 10.3. The quantitative estimate of drug-likeness (QED) is 0.705. The second-order valence-electron chi connectivity index (χ2n) is 5.66. The monoisotopic (exact) mass is 217 g/mol. The summed E-state index contributed by atoms with van der Waals surface area (Å²) < 4.78 is 0. The van der Waals surface area contributed by atoms with E-state index in [1.807, 2.05) is 0 Å². The van der Waals surface area contributed by atoms with Gasteiger partial charge in [-0.1, -0.05) is 36.8 Å². The highest BCUT2D eigenvalue weighted by Gasteiger charge is 2.37. The molecule has 2 atom stereocenters. The largest absolute Gasteiger partial charge is 0.230 e. The summed E-state index contributed by atoms with van der Waals surface area (Å²) in [6, 6.07) is 10.8. The zero-order valence-corrected chi connectivity index (χ0v) is 10.3. The Bertz CT molecular complexity index is 323. The van der Waals surface area contributed by atoms with Gasteiger partial charge in [-0.15, -0.1) is 0 Å². The molecular weight excluding hydrogens is 196 g/mol. The molecule has 1 heteroatoms. The van der Waals surface area contributed by atoms with Gasteiger partial charge in [-0.05, 0) is 50.5 Å². The average molecular weight is 217 g/mol. The summed E-state index contributed by atoms with van der Waals surface area (Å²) in [5.41, 5.74) is 0.741. The molecule has 0 aromatic heterocycles. The van der Waals surface area contributed by atoms with Crippen molar-refractivity contribution in [3.63, 3.8) is 0 Å². The van der Waals surface area contributed by atoms with Crippen LogP contribution >= 0.6 is 0 Å². The summed E-state index contributed by atoms with van der Waals surface area (Å²) in [5.74, 6) is 1.61. The van der Waals surface area contributed by atoms with Crippen molar-refractivity contribution in [2.24, 2.45) is 5.92 Å². The predicted octanol–water partition coefficient (Wildman–Crippen LogP) is 4.17.